The zero-order valence-corrected chi connectivity index (χ0v) is 22.5. The molecule has 2 aliphatic rings. The molecule has 0 radical (unpaired) electrons. The fourth-order valence-electron chi connectivity index (χ4n) is 4.24. The normalized spacial score (nSPS) is 19.8. The first-order chi connectivity index (χ1) is 17.4. The van der Waals surface area contributed by atoms with Gasteiger partial charge in [0.25, 0.3) is 10.0 Å². The number of pyridine rings is 1. The summed E-state index contributed by atoms with van der Waals surface area (Å²) in [5.74, 6) is 2.98. The van der Waals surface area contributed by atoms with Gasteiger partial charge >= 0.3 is 0 Å². The van der Waals surface area contributed by atoms with Crippen LogP contribution in [0.3, 0.4) is 0 Å². The van der Waals surface area contributed by atoms with E-state index < -0.39 is 10.0 Å². The Bertz CT molecular complexity index is 1340. The van der Waals surface area contributed by atoms with Crippen molar-refractivity contribution < 1.29 is 18.3 Å². The molecular formula is C24H31N5O4S3+2. The Hall–Kier alpha value is -2.25. The molecule has 12 heteroatoms. The van der Waals surface area contributed by atoms with Crippen LogP contribution in [0, 0.1) is 0 Å². The Morgan fingerprint density at radius 3 is 2.89 bits per heavy atom. The first kappa shape index (κ1) is 25.4. The van der Waals surface area contributed by atoms with Crippen molar-refractivity contribution in [1.82, 2.24) is 14.9 Å². The highest BCUT2D eigenvalue weighted by molar-refractivity contribution is 8.15. The summed E-state index contributed by atoms with van der Waals surface area (Å²) in [6.07, 6.45) is 1.12. The SMILES string of the molecule is C[C@@H](C[OH2+])Oc1cc(NS(=O)(=O)c2ccccn2)c2[nH]c(C3=NCC(CN4CC[SH+]CC4)S3)cc2c1. The monoisotopic (exact) mass is 549 g/mol. The van der Waals surface area contributed by atoms with E-state index in [0.29, 0.717) is 22.2 Å². The highest BCUT2D eigenvalue weighted by atomic mass is 32.2. The lowest BCUT2D eigenvalue weighted by Crippen LogP contribution is -2.40. The summed E-state index contributed by atoms with van der Waals surface area (Å²) >= 11 is 3.33. The Morgan fingerprint density at radius 1 is 1.31 bits per heavy atom. The van der Waals surface area contributed by atoms with Crippen LogP contribution < -0.4 is 9.46 Å². The summed E-state index contributed by atoms with van der Waals surface area (Å²) in [5.41, 5.74) is 1.88. The van der Waals surface area contributed by atoms with Gasteiger partial charge in [0.2, 0.25) is 0 Å². The summed E-state index contributed by atoms with van der Waals surface area (Å²) in [4.78, 5) is 14.7. The number of nitrogens with zero attached hydrogens (tertiary/aromatic N) is 3. The average molecular weight is 550 g/mol. The summed E-state index contributed by atoms with van der Waals surface area (Å²) in [6.45, 7) is 6.02. The lowest BCUT2D eigenvalue weighted by molar-refractivity contribution is 0.130. The maximum atomic E-state index is 13.0. The highest BCUT2D eigenvalue weighted by Crippen LogP contribution is 2.34. The van der Waals surface area contributed by atoms with Crippen LogP contribution in [0.15, 0.2) is 52.6 Å². The second-order valence-corrected chi connectivity index (χ2v) is 13.1. The van der Waals surface area contributed by atoms with E-state index in [2.05, 4.69) is 19.6 Å². The van der Waals surface area contributed by atoms with E-state index in [1.54, 1.807) is 41.7 Å². The number of aromatic amines is 1. The molecule has 0 spiro atoms. The third-order valence-corrected chi connectivity index (χ3v) is 9.56. The van der Waals surface area contributed by atoms with E-state index in [-0.39, 0.29) is 17.7 Å². The minimum atomic E-state index is -3.91. The van der Waals surface area contributed by atoms with Crippen molar-refractivity contribution in [3.05, 3.63) is 48.3 Å². The molecule has 2 atom stereocenters. The maximum absolute atomic E-state index is 13.0. The van der Waals surface area contributed by atoms with Gasteiger partial charge in [0.05, 0.1) is 23.4 Å². The van der Waals surface area contributed by atoms with Crippen molar-refractivity contribution in [2.45, 2.75) is 23.3 Å². The molecule has 36 heavy (non-hydrogen) atoms. The van der Waals surface area contributed by atoms with E-state index in [4.69, 9.17) is 14.8 Å². The second-order valence-electron chi connectivity index (χ2n) is 8.88. The number of thiol groups is 1. The van der Waals surface area contributed by atoms with Crippen LogP contribution in [0.4, 0.5) is 5.69 Å². The fourth-order valence-corrected chi connectivity index (χ4v) is 7.46. The van der Waals surface area contributed by atoms with Crippen LogP contribution in [0.1, 0.15) is 12.6 Å². The lowest BCUT2D eigenvalue weighted by Gasteiger charge is -2.24. The number of anilines is 1. The van der Waals surface area contributed by atoms with E-state index >= 15 is 0 Å². The summed E-state index contributed by atoms with van der Waals surface area (Å²) in [6, 6.07) is 10.3. The Morgan fingerprint density at radius 2 is 2.14 bits per heavy atom. The minimum absolute atomic E-state index is 0.0634. The van der Waals surface area contributed by atoms with Gasteiger partial charge in [-0.3, -0.25) is 14.6 Å². The molecule has 192 valence electrons. The number of sulfonamides is 1. The minimum Gasteiger partial charge on any atom is -0.483 e. The zero-order valence-electron chi connectivity index (χ0n) is 20.0. The highest BCUT2D eigenvalue weighted by Gasteiger charge is 2.27. The molecule has 0 amide bonds. The van der Waals surface area contributed by atoms with Gasteiger partial charge in [-0.05, 0) is 43.0 Å². The standard InChI is InChI=1S/C24H29N5O4S3/c1-16(15-30)33-18-10-17-11-21(24-26-13-19(35-24)14-29-6-8-34-9-7-29)27-23(17)20(12-18)28-36(31,32)22-4-2-3-5-25-22/h2-5,10-12,16,19,27-28,30H,6-9,13-15H2,1H3/p+2/t16-,19?/m0/s1. The third kappa shape index (κ3) is 5.83. The van der Waals surface area contributed by atoms with Gasteiger partial charge in [-0.15, -0.1) is 0 Å². The first-order valence-corrected chi connectivity index (χ1v) is 15.5. The number of hydrogen-bond donors (Lipinski definition) is 2. The van der Waals surface area contributed by atoms with Gasteiger partial charge in [0.15, 0.2) is 17.7 Å². The lowest BCUT2D eigenvalue weighted by atomic mass is 10.2. The van der Waals surface area contributed by atoms with Gasteiger partial charge in [-0.2, -0.15) is 8.42 Å². The number of ether oxygens (including phenoxy) is 1. The number of hydrogen-bond acceptors (Lipinski definition) is 7. The van der Waals surface area contributed by atoms with Gasteiger partial charge in [0, 0.05) is 42.5 Å². The largest absolute Gasteiger partial charge is 0.483 e. The number of thioether (sulfide) groups is 1. The zero-order chi connectivity index (χ0) is 25.1. The molecule has 2 aromatic heterocycles. The quantitative estimate of drug-likeness (QED) is 0.310. The van der Waals surface area contributed by atoms with Crippen LogP contribution in [-0.2, 0) is 21.8 Å². The molecule has 0 saturated carbocycles. The molecule has 1 aromatic carbocycles. The number of nitrogens with one attached hydrogen (secondary N) is 2. The Balaban J connectivity index is 1.42. The van der Waals surface area contributed by atoms with Gasteiger partial charge in [0.1, 0.15) is 22.3 Å². The number of aromatic nitrogens is 2. The molecule has 2 aliphatic heterocycles. The van der Waals surface area contributed by atoms with Crippen LogP contribution >= 0.6 is 11.8 Å². The molecule has 4 N–H and O–H groups in total. The predicted octanol–water partition coefficient (Wildman–Crippen LogP) is 1.85. The maximum Gasteiger partial charge on any atom is 0.279 e. The molecule has 9 nitrogen and oxygen atoms in total. The average Bonchev–Trinajstić information content (AvgIpc) is 3.52. The van der Waals surface area contributed by atoms with Crippen LogP contribution in [0.25, 0.3) is 10.9 Å². The molecule has 4 heterocycles. The topological polar surface area (TPSA) is 123 Å². The van der Waals surface area contributed by atoms with Gasteiger partial charge < -0.3 is 14.8 Å². The number of fused-ring (bicyclic) bond motifs is 1. The Kier molecular flexibility index (Phi) is 7.77. The Labute approximate surface area is 219 Å². The van der Waals surface area contributed by atoms with Crippen LogP contribution in [-0.4, -0.2) is 89.1 Å². The van der Waals surface area contributed by atoms with E-state index in [0.717, 1.165) is 42.3 Å². The van der Waals surface area contributed by atoms with Gasteiger partial charge in [-0.25, -0.2) is 4.98 Å². The summed E-state index contributed by atoms with van der Waals surface area (Å²) in [5, 5.41) is 9.68. The first-order valence-electron chi connectivity index (χ1n) is 11.9. The fraction of sp³-hybridized carbons (Fsp3) is 0.417. The molecule has 0 bridgehead atoms. The summed E-state index contributed by atoms with van der Waals surface area (Å²) < 4.78 is 34.6. The number of H-pyrrole nitrogens is 1. The van der Waals surface area contributed by atoms with E-state index in [9.17, 15) is 8.42 Å². The molecule has 1 saturated heterocycles. The van der Waals surface area contributed by atoms with Crippen molar-refractivity contribution in [1.29, 1.82) is 0 Å². The third-order valence-electron chi connectivity index (χ3n) is 6.04. The molecule has 5 rings (SSSR count). The van der Waals surface area contributed by atoms with Crippen molar-refractivity contribution in [3.63, 3.8) is 0 Å². The molecule has 1 unspecified atom stereocenters. The van der Waals surface area contributed by atoms with Crippen molar-refractivity contribution in [2.75, 3.05) is 49.0 Å². The number of rotatable bonds is 9. The summed E-state index contributed by atoms with van der Waals surface area (Å²) in [7, 11) is -3.91. The molecule has 0 aliphatic carbocycles. The number of benzene rings is 1. The van der Waals surface area contributed by atoms with Crippen molar-refractivity contribution in [3.8, 4) is 5.75 Å². The number of aliphatic imine (C=N–C) groups is 1. The molecule has 3 aromatic rings. The van der Waals surface area contributed by atoms with E-state index in [1.807, 2.05) is 19.1 Å². The van der Waals surface area contributed by atoms with Crippen molar-refractivity contribution >= 4 is 55.2 Å². The van der Waals surface area contributed by atoms with Gasteiger partial charge in [-0.1, -0.05) is 17.8 Å². The second kappa shape index (κ2) is 11.0. The van der Waals surface area contributed by atoms with Crippen LogP contribution in [0.2, 0.25) is 0 Å². The smallest absolute Gasteiger partial charge is 0.279 e. The van der Waals surface area contributed by atoms with E-state index in [1.165, 1.54) is 23.8 Å². The molecule has 1 fully saturated rings. The van der Waals surface area contributed by atoms with Crippen molar-refractivity contribution in [2.24, 2.45) is 4.99 Å². The molecular weight excluding hydrogens is 518 g/mol. The predicted molar refractivity (Wildman–Crippen MR) is 150 cm³/mol. The van der Waals surface area contributed by atoms with Crippen LogP contribution in [0.5, 0.6) is 5.75 Å².